The summed E-state index contributed by atoms with van der Waals surface area (Å²) in [6, 6.07) is 17.1. The average molecular weight is 726 g/mol. The third-order valence-electron chi connectivity index (χ3n) is 10.3. The smallest absolute Gasteiger partial charge is 0.417 e. The molecule has 2 amide bonds. The van der Waals surface area contributed by atoms with E-state index in [1.807, 2.05) is 81.4 Å². The molecular formula is C41H63NO8Si. The van der Waals surface area contributed by atoms with E-state index in [0.29, 0.717) is 42.7 Å². The Morgan fingerprint density at radius 1 is 0.961 bits per heavy atom. The molecule has 0 aliphatic carbocycles. The first-order chi connectivity index (χ1) is 24.2. The highest BCUT2D eigenvalue weighted by molar-refractivity contribution is 6.77. The number of hydrogen-bond acceptors (Lipinski definition) is 8. The normalized spacial score (nSPS) is 17.6. The third kappa shape index (κ3) is 11.0. The molecule has 4 atom stereocenters. The van der Waals surface area contributed by atoms with Crippen LogP contribution in [0.1, 0.15) is 86.3 Å². The Kier molecular flexibility index (Phi) is 16.4. The largest absolute Gasteiger partial charge is 0.497 e. The van der Waals surface area contributed by atoms with Gasteiger partial charge in [0.15, 0.2) is 14.4 Å². The van der Waals surface area contributed by atoms with Crippen molar-refractivity contribution < 1.29 is 37.7 Å². The maximum Gasteiger partial charge on any atom is 0.417 e. The minimum absolute atomic E-state index is 0.00593. The van der Waals surface area contributed by atoms with Crippen LogP contribution in [0.3, 0.4) is 0 Å². The zero-order valence-electron chi connectivity index (χ0n) is 32.7. The number of imide groups is 1. The molecule has 1 saturated heterocycles. The minimum atomic E-state index is -2.22. The van der Waals surface area contributed by atoms with E-state index < -0.39 is 44.2 Å². The first-order valence-electron chi connectivity index (χ1n) is 18.5. The highest BCUT2D eigenvalue weighted by atomic mass is 28.4. The molecule has 51 heavy (non-hydrogen) atoms. The molecule has 0 N–H and O–H groups in total. The topological polar surface area (TPSA) is 92.8 Å². The predicted octanol–water partition coefficient (Wildman–Crippen LogP) is 9.10. The molecule has 0 bridgehead atoms. The minimum Gasteiger partial charge on any atom is -0.497 e. The van der Waals surface area contributed by atoms with Crippen molar-refractivity contribution in [2.24, 2.45) is 5.92 Å². The fraction of sp³-hybridized carbons (Fsp3) is 0.610. The highest BCUT2D eigenvalue weighted by Gasteiger charge is 2.48. The molecule has 0 aromatic heterocycles. The number of rotatable bonds is 22. The number of nitrogens with zero attached hydrogens (tertiary/aromatic N) is 1. The Hall–Kier alpha value is -3.02. The van der Waals surface area contributed by atoms with Gasteiger partial charge in [0.1, 0.15) is 12.4 Å². The molecule has 0 spiro atoms. The molecule has 2 aromatic rings. The summed E-state index contributed by atoms with van der Waals surface area (Å²) in [5, 5.41) is 0. The Bertz CT molecular complexity index is 1340. The van der Waals surface area contributed by atoms with E-state index in [1.165, 1.54) is 4.90 Å². The van der Waals surface area contributed by atoms with Crippen LogP contribution < -0.4 is 4.74 Å². The summed E-state index contributed by atoms with van der Waals surface area (Å²) in [4.78, 5) is 28.7. The molecule has 1 aliphatic heterocycles. The molecular weight excluding hydrogens is 663 g/mol. The number of cyclic esters (lactones) is 1. The lowest BCUT2D eigenvalue weighted by Gasteiger charge is -2.44. The van der Waals surface area contributed by atoms with Crippen LogP contribution in [0, 0.1) is 5.92 Å². The van der Waals surface area contributed by atoms with Crippen molar-refractivity contribution in [2.75, 3.05) is 26.9 Å². The van der Waals surface area contributed by atoms with Gasteiger partial charge >= 0.3 is 6.09 Å². The number of benzene rings is 2. The molecule has 10 heteroatoms. The standard InChI is InChI=1S/C41H63NO8Si/c1-12-16-38(47-26-34-19-21-35(45-11)22-20-34)41(10,23-24-49-51(30(4)5,31(6)7)32(8)9)50-37(28-46-25-33-17-14-13-15-18-33)39(43)42-36(29(2)3)27-48-40(42)44/h12-15,17-22,29-32,36-38H,1,16,23-28H2,2-11H3/t36-,37-,38-,41+/m1/s1. The van der Waals surface area contributed by atoms with Gasteiger partial charge in [-0.1, -0.05) is 104 Å². The van der Waals surface area contributed by atoms with Crippen molar-refractivity contribution in [1.82, 2.24) is 4.90 Å². The van der Waals surface area contributed by atoms with Crippen molar-refractivity contribution in [3.8, 4) is 5.75 Å². The summed E-state index contributed by atoms with van der Waals surface area (Å²) in [6.45, 7) is 24.6. The lowest BCUT2D eigenvalue weighted by molar-refractivity contribution is -0.194. The van der Waals surface area contributed by atoms with Crippen LogP contribution in [0.4, 0.5) is 4.79 Å². The summed E-state index contributed by atoms with van der Waals surface area (Å²) in [7, 11) is -0.585. The van der Waals surface area contributed by atoms with Gasteiger partial charge in [-0.15, -0.1) is 6.58 Å². The van der Waals surface area contributed by atoms with Gasteiger partial charge in [0.2, 0.25) is 0 Å². The van der Waals surface area contributed by atoms with E-state index >= 15 is 0 Å². The van der Waals surface area contributed by atoms with E-state index in [4.69, 9.17) is 28.1 Å². The fourth-order valence-electron chi connectivity index (χ4n) is 7.46. The van der Waals surface area contributed by atoms with Gasteiger partial charge in [0.05, 0.1) is 44.7 Å². The third-order valence-corrected chi connectivity index (χ3v) is 16.4. The number of carbonyl (C=O) groups excluding carboxylic acids is 2. The van der Waals surface area contributed by atoms with Crippen LogP contribution in [-0.4, -0.2) is 76.0 Å². The van der Waals surface area contributed by atoms with Gasteiger partial charge < -0.3 is 28.1 Å². The predicted molar refractivity (Wildman–Crippen MR) is 204 cm³/mol. The highest BCUT2D eigenvalue weighted by Crippen LogP contribution is 2.43. The summed E-state index contributed by atoms with van der Waals surface area (Å²) < 4.78 is 37.6. The Morgan fingerprint density at radius 2 is 1.57 bits per heavy atom. The molecule has 3 rings (SSSR count). The fourth-order valence-corrected chi connectivity index (χ4v) is 12.9. The van der Waals surface area contributed by atoms with Crippen LogP contribution >= 0.6 is 0 Å². The second-order valence-electron chi connectivity index (χ2n) is 15.1. The molecule has 2 aromatic carbocycles. The second-order valence-corrected chi connectivity index (χ2v) is 20.6. The maximum atomic E-state index is 14.4. The zero-order chi connectivity index (χ0) is 37.8. The maximum absolute atomic E-state index is 14.4. The van der Waals surface area contributed by atoms with Crippen molar-refractivity contribution in [1.29, 1.82) is 0 Å². The van der Waals surface area contributed by atoms with Crippen LogP contribution in [0.25, 0.3) is 0 Å². The lowest BCUT2D eigenvalue weighted by atomic mass is 9.91. The molecule has 0 saturated carbocycles. The van der Waals surface area contributed by atoms with Gasteiger partial charge in [-0.05, 0) is 59.1 Å². The summed E-state index contributed by atoms with van der Waals surface area (Å²) in [5.74, 6) is 0.268. The summed E-state index contributed by atoms with van der Waals surface area (Å²) in [5.41, 5.74) is 2.08. The summed E-state index contributed by atoms with van der Waals surface area (Å²) >= 11 is 0. The molecule has 1 aliphatic rings. The van der Waals surface area contributed by atoms with Gasteiger partial charge in [0.25, 0.3) is 5.91 Å². The SMILES string of the molecule is C=CC[C@@H](OCc1ccc(OC)cc1)[C@](C)(CCO[Si](C(C)C)(C(C)C)C(C)C)O[C@H](COCc1ccccc1)C(=O)N1C(=O)OC[C@@H]1C(C)C. The average Bonchev–Trinajstić information content (AvgIpc) is 3.49. The summed E-state index contributed by atoms with van der Waals surface area (Å²) in [6.07, 6.45) is 0.413. The van der Waals surface area contributed by atoms with E-state index in [-0.39, 0.29) is 25.7 Å². The molecule has 9 nitrogen and oxygen atoms in total. The Labute approximate surface area is 308 Å². The van der Waals surface area contributed by atoms with Gasteiger partial charge in [-0.2, -0.15) is 0 Å². The van der Waals surface area contributed by atoms with Crippen molar-refractivity contribution in [2.45, 2.75) is 129 Å². The van der Waals surface area contributed by atoms with E-state index in [2.05, 4.69) is 48.1 Å². The van der Waals surface area contributed by atoms with Gasteiger partial charge in [-0.3, -0.25) is 4.79 Å². The van der Waals surface area contributed by atoms with E-state index in [1.54, 1.807) is 7.11 Å². The first kappa shape index (κ1) is 42.4. The number of carbonyl (C=O) groups is 2. The van der Waals surface area contributed by atoms with E-state index in [0.717, 1.165) is 16.9 Å². The second kappa shape index (κ2) is 19.7. The van der Waals surface area contributed by atoms with Gasteiger partial charge in [0, 0.05) is 13.0 Å². The van der Waals surface area contributed by atoms with Crippen molar-refractivity contribution in [3.63, 3.8) is 0 Å². The molecule has 284 valence electrons. The number of hydrogen-bond donors (Lipinski definition) is 0. The van der Waals surface area contributed by atoms with Gasteiger partial charge in [-0.25, -0.2) is 9.69 Å². The first-order valence-corrected chi connectivity index (χ1v) is 20.6. The molecule has 0 radical (unpaired) electrons. The zero-order valence-corrected chi connectivity index (χ0v) is 33.7. The van der Waals surface area contributed by atoms with Crippen LogP contribution in [0.2, 0.25) is 16.6 Å². The number of ether oxygens (including phenoxy) is 5. The number of amides is 2. The Balaban J connectivity index is 2.01. The van der Waals surface area contributed by atoms with Crippen LogP contribution in [-0.2, 0) is 41.4 Å². The van der Waals surface area contributed by atoms with Crippen molar-refractivity contribution >= 4 is 20.3 Å². The van der Waals surface area contributed by atoms with E-state index in [9.17, 15) is 9.59 Å². The van der Waals surface area contributed by atoms with Crippen LogP contribution in [0.5, 0.6) is 5.75 Å². The number of methoxy groups -OCH3 is 1. The molecule has 1 fully saturated rings. The monoisotopic (exact) mass is 725 g/mol. The van der Waals surface area contributed by atoms with Crippen LogP contribution in [0.15, 0.2) is 67.3 Å². The molecule has 1 heterocycles. The molecule has 0 unspecified atom stereocenters. The quantitative estimate of drug-likeness (QED) is 0.0877. The lowest BCUT2D eigenvalue weighted by Crippen LogP contribution is -2.55. The van der Waals surface area contributed by atoms with Crippen molar-refractivity contribution in [3.05, 3.63) is 78.4 Å². The Morgan fingerprint density at radius 3 is 2.12 bits per heavy atom.